The fourth-order valence-electron chi connectivity index (χ4n) is 2.87. The highest BCUT2D eigenvalue weighted by molar-refractivity contribution is 5.78. The zero-order valence-corrected chi connectivity index (χ0v) is 11.8. The molecule has 0 atom stereocenters. The van der Waals surface area contributed by atoms with E-state index in [1.54, 1.807) is 0 Å². The summed E-state index contributed by atoms with van der Waals surface area (Å²) in [5, 5.41) is 3.37. The van der Waals surface area contributed by atoms with Gasteiger partial charge in [-0.15, -0.1) is 0 Å². The number of carbonyl (C=O) groups is 1. The van der Waals surface area contributed by atoms with Crippen LogP contribution in [-0.2, 0) is 4.79 Å². The second-order valence-corrected chi connectivity index (χ2v) is 5.98. The van der Waals surface area contributed by atoms with Gasteiger partial charge in [0.2, 0.25) is 5.91 Å². The molecular weight excluding hydrogens is 224 g/mol. The van der Waals surface area contributed by atoms with Crippen LogP contribution in [0.2, 0.25) is 0 Å². The first-order valence-corrected chi connectivity index (χ1v) is 7.27. The maximum absolute atomic E-state index is 12.2. The minimum absolute atomic E-state index is 0.223. The summed E-state index contributed by atoms with van der Waals surface area (Å²) >= 11 is 0. The molecule has 102 valence electrons. The summed E-state index contributed by atoms with van der Waals surface area (Å²) in [5.74, 6) is 0.335. The minimum atomic E-state index is 0.223. The first kappa shape index (κ1) is 13.6. The zero-order valence-electron chi connectivity index (χ0n) is 11.8. The number of likely N-dealkylation sites (tertiary alicyclic amines) is 1. The van der Waals surface area contributed by atoms with E-state index in [1.807, 2.05) is 7.05 Å². The number of nitrogens with one attached hydrogen (secondary N) is 1. The van der Waals surface area contributed by atoms with Gasteiger partial charge in [0.15, 0.2) is 0 Å². The van der Waals surface area contributed by atoms with Crippen molar-refractivity contribution in [3.8, 4) is 0 Å². The lowest BCUT2D eigenvalue weighted by Gasteiger charge is -2.39. The van der Waals surface area contributed by atoms with Crippen molar-refractivity contribution in [2.24, 2.45) is 0 Å². The van der Waals surface area contributed by atoms with Crippen molar-refractivity contribution in [3.63, 3.8) is 0 Å². The predicted molar refractivity (Wildman–Crippen MR) is 74.4 cm³/mol. The van der Waals surface area contributed by atoms with Crippen LogP contribution < -0.4 is 5.32 Å². The number of hydrogen-bond acceptors (Lipinski definition) is 2. The maximum Gasteiger partial charge on any atom is 0.226 e. The quantitative estimate of drug-likeness (QED) is 0.780. The summed E-state index contributed by atoms with van der Waals surface area (Å²) in [7, 11) is 2.02. The Morgan fingerprint density at radius 2 is 2.11 bits per heavy atom. The molecule has 3 heteroatoms. The monoisotopic (exact) mass is 250 g/mol. The molecule has 0 saturated carbocycles. The molecule has 1 aliphatic carbocycles. The van der Waals surface area contributed by atoms with E-state index in [4.69, 9.17) is 0 Å². The lowest BCUT2D eigenvalue weighted by atomic mass is 9.89. The third kappa shape index (κ3) is 3.35. The standard InChI is InChI=1S/C15H26N2O/c1-15(16-2)8-10-17(11-9-15)14(18)12-13-6-4-3-5-7-13/h6,16H,3-5,7-12H2,1-2H3. The second-order valence-electron chi connectivity index (χ2n) is 5.98. The van der Waals surface area contributed by atoms with Gasteiger partial charge in [-0.05, 0) is 52.5 Å². The molecule has 1 heterocycles. The van der Waals surface area contributed by atoms with Crippen molar-refractivity contribution in [3.05, 3.63) is 11.6 Å². The smallest absolute Gasteiger partial charge is 0.226 e. The molecule has 2 aliphatic rings. The third-order valence-corrected chi connectivity index (χ3v) is 4.59. The average Bonchev–Trinajstić information content (AvgIpc) is 2.40. The molecule has 0 spiro atoms. The molecule has 0 unspecified atom stereocenters. The van der Waals surface area contributed by atoms with Crippen LogP contribution in [0.5, 0.6) is 0 Å². The van der Waals surface area contributed by atoms with Crippen LogP contribution in [0.25, 0.3) is 0 Å². The summed E-state index contributed by atoms with van der Waals surface area (Å²) in [6.45, 7) is 4.06. The van der Waals surface area contributed by atoms with E-state index in [0.717, 1.165) is 32.4 Å². The van der Waals surface area contributed by atoms with E-state index >= 15 is 0 Å². The van der Waals surface area contributed by atoms with Crippen LogP contribution in [0.1, 0.15) is 51.9 Å². The fourth-order valence-corrected chi connectivity index (χ4v) is 2.87. The Balaban J connectivity index is 1.82. The Hall–Kier alpha value is -0.830. The highest BCUT2D eigenvalue weighted by Gasteiger charge is 2.30. The number of rotatable bonds is 3. The minimum Gasteiger partial charge on any atom is -0.342 e. The first-order chi connectivity index (χ1) is 8.63. The van der Waals surface area contributed by atoms with Crippen LogP contribution in [0.3, 0.4) is 0 Å². The van der Waals surface area contributed by atoms with Gasteiger partial charge in [0, 0.05) is 25.0 Å². The Labute approximate surface area is 111 Å². The summed E-state index contributed by atoms with van der Waals surface area (Å²) < 4.78 is 0. The Morgan fingerprint density at radius 1 is 1.39 bits per heavy atom. The van der Waals surface area contributed by atoms with Crippen LogP contribution >= 0.6 is 0 Å². The van der Waals surface area contributed by atoms with Crippen molar-refractivity contribution in [1.82, 2.24) is 10.2 Å². The molecule has 18 heavy (non-hydrogen) atoms. The van der Waals surface area contributed by atoms with Gasteiger partial charge >= 0.3 is 0 Å². The van der Waals surface area contributed by atoms with E-state index < -0.39 is 0 Å². The third-order valence-electron chi connectivity index (χ3n) is 4.59. The number of piperidine rings is 1. The van der Waals surface area contributed by atoms with Crippen LogP contribution in [0.15, 0.2) is 11.6 Å². The molecule has 0 radical (unpaired) electrons. The van der Waals surface area contributed by atoms with Gasteiger partial charge in [0.05, 0.1) is 0 Å². The van der Waals surface area contributed by atoms with E-state index in [1.165, 1.54) is 24.8 Å². The lowest BCUT2D eigenvalue weighted by molar-refractivity contribution is -0.132. The van der Waals surface area contributed by atoms with Gasteiger partial charge in [-0.25, -0.2) is 0 Å². The largest absolute Gasteiger partial charge is 0.342 e. The Bertz CT molecular complexity index is 327. The molecule has 0 aromatic heterocycles. The summed E-state index contributed by atoms with van der Waals surface area (Å²) in [4.78, 5) is 14.3. The van der Waals surface area contributed by atoms with Crippen molar-refractivity contribution in [2.45, 2.75) is 57.4 Å². The van der Waals surface area contributed by atoms with E-state index in [0.29, 0.717) is 12.3 Å². The van der Waals surface area contributed by atoms with Crippen LogP contribution in [0, 0.1) is 0 Å². The van der Waals surface area contributed by atoms with Gasteiger partial charge in [0.1, 0.15) is 0 Å². The Kier molecular flexibility index (Phi) is 4.44. The summed E-state index contributed by atoms with van der Waals surface area (Å²) in [5.41, 5.74) is 1.59. The SMILES string of the molecule is CNC1(C)CCN(C(=O)CC2=CCCCC2)CC1. The zero-order chi connectivity index (χ0) is 13.0. The molecule has 0 aromatic rings. The number of allylic oxidation sites excluding steroid dienone is 1. The molecule has 1 aliphatic heterocycles. The summed E-state index contributed by atoms with van der Waals surface area (Å²) in [6, 6.07) is 0. The topological polar surface area (TPSA) is 32.3 Å². The van der Waals surface area contributed by atoms with Crippen molar-refractivity contribution >= 4 is 5.91 Å². The normalized spacial score (nSPS) is 23.7. The molecule has 1 fully saturated rings. The summed E-state index contributed by atoms with van der Waals surface area (Å²) in [6.07, 6.45) is 9.93. The average molecular weight is 250 g/mol. The van der Waals surface area contributed by atoms with Gasteiger partial charge in [0.25, 0.3) is 0 Å². The molecule has 0 aromatic carbocycles. The van der Waals surface area contributed by atoms with E-state index in [-0.39, 0.29) is 5.54 Å². The maximum atomic E-state index is 12.2. The number of nitrogens with zero attached hydrogens (tertiary/aromatic N) is 1. The van der Waals surface area contributed by atoms with E-state index in [9.17, 15) is 4.79 Å². The van der Waals surface area contributed by atoms with E-state index in [2.05, 4.69) is 23.2 Å². The lowest BCUT2D eigenvalue weighted by Crippen LogP contribution is -2.51. The highest BCUT2D eigenvalue weighted by Crippen LogP contribution is 2.24. The number of carbonyl (C=O) groups excluding carboxylic acids is 1. The molecule has 1 saturated heterocycles. The van der Waals surface area contributed by atoms with Gasteiger partial charge in [-0.1, -0.05) is 11.6 Å². The highest BCUT2D eigenvalue weighted by atomic mass is 16.2. The molecule has 1 N–H and O–H groups in total. The number of hydrogen-bond donors (Lipinski definition) is 1. The predicted octanol–water partition coefficient (Wildman–Crippen LogP) is 2.48. The second kappa shape index (κ2) is 5.87. The molecule has 2 rings (SSSR count). The van der Waals surface area contributed by atoms with Crippen molar-refractivity contribution in [1.29, 1.82) is 0 Å². The molecular formula is C15H26N2O. The van der Waals surface area contributed by atoms with Gasteiger partial charge in [-0.2, -0.15) is 0 Å². The molecule has 3 nitrogen and oxygen atoms in total. The number of amides is 1. The van der Waals surface area contributed by atoms with Gasteiger partial charge in [-0.3, -0.25) is 4.79 Å². The Morgan fingerprint density at radius 3 is 2.67 bits per heavy atom. The van der Waals surface area contributed by atoms with Crippen LogP contribution in [0.4, 0.5) is 0 Å². The van der Waals surface area contributed by atoms with Crippen molar-refractivity contribution < 1.29 is 4.79 Å². The molecule has 1 amide bonds. The molecule has 0 bridgehead atoms. The first-order valence-electron chi connectivity index (χ1n) is 7.27. The van der Waals surface area contributed by atoms with Crippen LogP contribution in [-0.4, -0.2) is 36.5 Å². The fraction of sp³-hybridized carbons (Fsp3) is 0.800. The van der Waals surface area contributed by atoms with Crippen molar-refractivity contribution in [2.75, 3.05) is 20.1 Å². The van der Waals surface area contributed by atoms with Gasteiger partial charge < -0.3 is 10.2 Å².